The topological polar surface area (TPSA) is 52.6 Å². The summed E-state index contributed by atoms with van der Waals surface area (Å²) in [4.78, 5) is 20.6. The minimum absolute atomic E-state index is 0. The molecule has 0 saturated carbocycles. The molecule has 4 nitrogen and oxygen atoms in total. The average Bonchev–Trinajstić information content (AvgIpc) is 1.97. The van der Waals surface area contributed by atoms with E-state index in [9.17, 15) is 9.59 Å². The van der Waals surface area contributed by atoms with Gasteiger partial charge in [-0.05, 0) is 6.42 Å². The van der Waals surface area contributed by atoms with E-state index in [-0.39, 0.29) is 48.6 Å². The number of carbonyl (C=O) groups is 2. The number of ether oxygens (including phenoxy) is 2. The van der Waals surface area contributed by atoms with Gasteiger partial charge in [0.05, 0.1) is 6.61 Å². The van der Waals surface area contributed by atoms with Crippen molar-refractivity contribution in [1.29, 1.82) is 0 Å². The van der Waals surface area contributed by atoms with Crippen LogP contribution in [0.25, 0.3) is 0 Å². The molecule has 0 saturated heterocycles. The van der Waals surface area contributed by atoms with Gasteiger partial charge in [0.1, 0.15) is 0 Å². The Balaban J connectivity index is 0. The quantitative estimate of drug-likeness (QED) is 0.212. The Hall–Kier alpha value is -0.0600. The molecule has 0 N–H and O–H groups in total. The minimum Gasteiger partial charge on any atom is -0.640 e. The SMILES string of the molecule is [CH2-]OC(=O)CCCOC(C)=O.[Na+]. The van der Waals surface area contributed by atoms with Crippen molar-refractivity contribution in [3.8, 4) is 0 Å². The number of carbonyl (C=O) groups excluding carboxylic acids is 2. The van der Waals surface area contributed by atoms with Crippen LogP contribution in [0.4, 0.5) is 0 Å². The fraction of sp³-hybridized carbons (Fsp3) is 0.571. The van der Waals surface area contributed by atoms with Crippen LogP contribution in [-0.2, 0) is 19.1 Å². The van der Waals surface area contributed by atoms with Gasteiger partial charge in [0, 0.05) is 13.3 Å². The van der Waals surface area contributed by atoms with Crippen molar-refractivity contribution >= 4 is 11.9 Å². The Kier molecular flexibility index (Phi) is 10.9. The van der Waals surface area contributed by atoms with Gasteiger partial charge in [-0.2, -0.15) is 7.11 Å². The number of rotatable bonds is 4. The maximum Gasteiger partial charge on any atom is 1.00 e. The van der Waals surface area contributed by atoms with Gasteiger partial charge in [0.2, 0.25) is 0 Å². The third kappa shape index (κ3) is 9.94. The third-order valence-electron chi connectivity index (χ3n) is 0.992. The fourth-order valence-electron chi connectivity index (χ4n) is 0.505. The molecular weight excluding hydrogens is 171 g/mol. The summed E-state index contributed by atoms with van der Waals surface area (Å²) in [6, 6.07) is 0. The van der Waals surface area contributed by atoms with Crippen LogP contribution in [-0.4, -0.2) is 18.5 Å². The van der Waals surface area contributed by atoms with E-state index >= 15 is 0 Å². The predicted molar refractivity (Wildman–Crippen MR) is 37.3 cm³/mol. The molecule has 0 unspecified atom stereocenters. The molecule has 0 spiro atoms. The fourth-order valence-corrected chi connectivity index (χ4v) is 0.505. The second kappa shape index (κ2) is 9.03. The Morgan fingerprint density at radius 2 is 2.00 bits per heavy atom. The zero-order chi connectivity index (χ0) is 8.69. The van der Waals surface area contributed by atoms with E-state index in [2.05, 4.69) is 16.6 Å². The Bertz CT molecular complexity index is 146. The molecule has 0 atom stereocenters. The average molecular weight is 182 g/mol. The molecule has 0 bridgehead atoms. The van der Waals surface area contributed by atoms with Crippen LogP contribution in [0, 0.1) is 7.11 Å². The zero-order valence-corrected chi connectivity index (χ0v) is 9.46. The third-order valence-corrected chi connectivity index (χ3v) is 0.992. The normalized spacial score (nSPS) is 8.17. The summed E-state index contributed by atoms with van der Waals surface area (Å²) in [5, 5.41) is 0. The van der Waals surface area contributed by atoms with Gasteiger partial charge in [-0.15, -0.1) is 0 Å². The summed E-state index contributed by atoms with van der Waals surface area (Å²) in [7, 11) is 2.94. The smallest absolute Gasteiger partial charge is 0.640 e. The second-order valence-corrected chi connectivity index (χ2v) is 1.96. The van der Waals surface area contributed by atoms with E-state index in [1.807, 2.05) is 0 Å². The van der Waals surface area contributed by atoms with Crippen molar-refractivity contribution in [3.05, 3.63) is 7.11 Å². The van der Waals surface area contributed by atoms with Crippen LogP contribution in [0.3, 0.4) is 0 Å². The molecule has 0 rings (SSSR count). The maximum atomic E-state index is 10.4. The molecule has 0 fully saturated rings. The van der Waals surface area contributed by atoms with Gasteiger partial charge in [-0.1, -0.05) is 0 Å². The molecule has 0 aliphatic carbocycles. The minimum atomic E-state index is -0.392. The molecule has 0 aliphatic heterocycles. The first-order valence-electron chi connectivity index (χ1n) is 3.25. The van der Waals surface area contributed by atoms with Crippen LogP contribution < -0.4 is 29.6 Å². The first-order chi connectivity index (χ1) is 5.16. The second-order valence-electron chi connectivity index (χ2n) is 1.96. The van der Waals surface area contributed by atoms with Gasteiger partial charge < -0.3 is 9.47 Å². The van der Waals surface area contributed by atoms with E-state index in [4.69, 9.17) is 0 Å². The molecule has 12 heavy (non-hydrogen) atoms. The van der Waals surface area contributed by atoms with Crippen molar-refractivity contribution in [2.75, 3.05) is 6.61 Å². The molecule has 0 radical (unpaired) electrons. The van der Waals surface area contributed by atoms with Crippen molar-refractivity contribution in [2.45, 2.75) is 19.8 Å². The van der Waals surface area contributed by atoms with Crippen LogP contribution in [0.1, 0.15) is 19.8 Å². The first kappa shape index (κ1) is 14.5. The van der Waals surface area contributed by atoms with Crippen LogP contribution in [0.15, 0.2) is 0 Å². The summed E-state index contributed by atoms with van der Waals surface area (Å²) < 4.78 is 8.70. The Morgan fingerprint density at radius 3 is 2.42 bits per heavy atom. The number of hydrogen-bond acceptors (Lipinski definition) is 4. The van der Waals surface area contributed by atoms with E-state index in [0.29, 0.717) is 6.42 Å². The van der Waals surface area contributed by atoms with E-state index in [1.165, 1.54) is 6.92 Å². The zero-order valence-electron chi connectivity index (χ0n) is 7.46. The monoisotopic (exact) mass is 182 g/mol. The molecule has 0 aliphatic rings. The molecule has 64 valence electrons. The van der Waals surface area contributed by atoms with Crippen LogP contribution in [0.2, 0.25) is 0 Å². The summed E-state index contributed by atoms with van der Waals surface area (Å²) in [5.74, 6) is -0.731. The molecule has 0 heterocycles. The number of hydrogen-bond donors (Lipinski definition) is 0. The van der Waals surface area contributed by atoms with E-state index < -0.39 is 5.97 Å². The molecular formula is C7H11NaO4. The largest absolute Gasteiger partial charge is 1.00 e. The first-order valence-corrected chi connectivity index (χ1v) is 3.25. The molecule has 0 aromatic heterocycles. The molecule has 0 aromatic carbocycles. The standard InChI is InChI=1S/C7H11O4.Na/c1-6(8)11-5-3-4-7(9)10-2;/h2-5H2,1H3;/q-1;+1. The van der Waals surface area contributed by atoms with Crippen LogP contribution >= 0.6 is 0 Å². The number of esters is 2. The summed E-state index contributed by atoms with van der Waals surface area (Å²) in [5.41, 5.74) is 0. The van der Waals surface area contributed by atoms with Gasteiger partial charge >= 0.3 is 35.5 Å². The predicted octanol–water partition coefficient (Wildman–Crippen LogP) is -2.33. The van der Waals surface area contributed by atoms with Crippen LogP contribution in [0.5, 0.6) is 0 Å². The van der Waals surface area contributed by atoms with Crippen molar-refractivity contribution in [3.63, 3.8) is 0 Å². The summed E-state index contributed by atoms with van der Waals surface area (Å²) >= 11 is 0. The van der Waals surface area contributed by atoms with E-state index in [1.54, 1.807) is 0 Å². The maximum absolute atomic E-state index is 10.4. The van der Waals surface area contributed by atoms with Gasteiger partial charge in [0.25, 0.3) is 5.97 Å². The van der Waals surface area contributed by atoms with E-state index in [0.717, 1.165) is 0 Å². The Labute approximate surface area is 93.9 Å². The molecule has 0 aromatic rings. The summed E-state index contributed by atoms with van der Waals surface area (Å²) in [6.07, 6.45) is 0.713. The molecule has 5 heteroatoms. The molecule has 0 amide bonds. The van der Waals surface area contributed by atoms with Crippen molar-refractivity contribution in [1.82, 2.24) is 0 Å². The summed E-state index contributed by atoms with van der Waals surface area (Å²) in [6.45, 7) is 1.57. The van der Waals surface area contributed by atoms with Crippen molar-refractivity contribution < 1.29 is 48.6 Å². The van der Waals surface area contributed by atoms with Gasteiger partial charge in [-0.25, -0.2) is 0 Å². The van der Waals surface area contributed by atoms with Crippen molar-refractivity contribution in [2.24, 2.45) is 0 Å². The Morgan fingerprint density at radius 1 is 1.42 bits per heavy atom. The van der Waals surface area contributed by atoms with Gasteiger partial charge in [-0.3, -0.25) is 9.59 Å². The van der Waals surface area contributed by atoms with Gasteiger partial charge in [0.15, 0.2) is 0 Å².